The molecule has 0 bridgehead atoms. The topological polar surface area (TPSA) is 60.3 Å². The summed E-state index contributed by atoms with van der Waals surface area (Å²) in [6, 6.07) is 0. The first-order valence-electron chi connectivity index (χ1n) is 7.90. The summed E-state index contributed by atoms with van der Waals surface area (Å²) in [4.78, 5) is 8.28. The summed E-state index contributed by atoms with van der Waals surface area (Å²) in [5, 5.41) is 11.6. The van der Waals surface area contributed by atoms with Gasteiger partial charge in [0.2, 0.25) is 0 Å². The minimum absolute atomic E-state index is 0. The number of nitrogens with zero attached hydrogens (tertiary/aromatic N) is 3. The molecule has 0 spiro atoms. The molecule has 0 aromatic heterocycles. The summed E-state index contributed by atoms with van der Waals surface area (Å²) in [6.45, 7) is 5.17. The minimum Gasteiger partial charge on any atom is -0.382 e. The summed E-state index contributed by atoms with van der Waals surface area (Å²) in [6.07, 6.45) is -5.91. The highest BCUT2D eigenvalue weighted by Crippen LogP contribution is 2.19. The van der Waals surface area contributed by atoms with E-state index >= 15 is 0 Å². The van der Waals surface area contributed by atoms with Gasteiger partial charge in [-0.25, -0.2) is 0 Å². The van der Waals surface area contributed by atoms with Crippen molar-refractivity contribution in [3.8, 4) is 0 Å². The van der Waals surface area contributed by atoms with Crippen molar-refractivity contribution in [2.45, 2.75) is 18.7 Å². The van der Waals surface area contributed by atoms with Crippen LogP contribution in [0.1, 0.15) is 6.42 Å². The molecule has 2 unspecified atom stereocenters. The van der Waals surface area contributed by atoms with Crippen molar-refractivity contribution in [3.63, 3.8) is 0 Å². The molecule has 142 valence electrons. The van der Waals surface area contributed by atoms with Crippen molar-refractivity contribution in [2.24, 2.45) is 10.9 Å². The van der Waals surface area contributed by atoms with E-state index in [1.165, 1.54) is 7.05 Å². The number of aliphatic imine (C=N–C) groups is 1. The lowest BCUT2D eigenvalue weighted by Gasteiger charge is -2.37. The first kappa shape index (κ1) is 21.7. The van der Waals surface area contributed by atoms with Gasteiger partial charge in [0.1, 0.15) is 0 Å². The summed E-state index contributed by atoms with van der Waals surface area (Å²) in [5.74, 6) is 0.984. The van der Waals surface area contributed by atoms with Crippen LogP contribution in [-0.2, 0) is 4.74 Å². The quantitative estimate of drug-likeness (QED) is 0.364. The maximum atomic E-state index is 12.3. The molecule has 6 nitrogen and oxygen atoms in total. The van der Waals surface area contributed by atoms with Crippen LogP contribution in [0.5, 0.6) is 0 Å². The lowest BCUT2D eigenvalue weighted by molar-refractivity contribution is -0.201. The standard InChI is InChI=1S/C14H25F3N4O2.HI/c1-18-13(19-8-12(22)14(15,16)17)21-5-3-20(4-6-21)9-11-2-7-23-10-11;/h11-12,22H,2-10H2,1H3,(H,18,19);1H. The highest BCUT2D eigenvalue weighted by atomic mass is 127. The zero-order chi connectivity index (χ0) is 16.9. The number of halogens is 4. The molecule has 0 aromatic rings. The normalized spacial score (nSPS) is 24.6. The van der Waals surface area contributed by atoms with Gasteiger partial charge in [0, 0.05) is 46.4 Å². The van der Waals surface area contributed by atoms with Crippen LogP contribution in [0.25, 0.3) is 0 Å². The Labute approximate surface area is 157 Å². The van der Waals surface area contributed by atoms with Crippen LogP contribution in [0.4, 0.5) is 13.2 Å². The monoisotopic (exact) mass is 466 g/mol. The second-order valence-electron chi connectivity index (χ2n) is 6.00. The lowest BCUT2D eigenvalue weighted by Crippen LogP contribution is -2.54. The predicted octanol–water partition coefficient (Wildman–Crippen LogP) is 0.757. The van der Waals surface area contributed by atoms with Crippen LogP contribution < -0.4 is 5.32 Å². The van der Waals surface area contributed by atoms with Gasteiger partial charge in [-0.1, -0.05) is 0 Å². The Kier molecular flexibility index (Phi) is 9.02. The molecule has 2 atom stereocenters. The fourth-order valence-electron chi connectivity index (χ4n) is 2.87. The van der Waals surface area contributed by atoms with Gasteiger partial charge in [-0.05, 0) is 12.3 Å². The number of nitrogens with one attached hydrogen (secondary N) is 1. The van der Waals surface area contributed by atoms with Gasteiger partial charge in [0.15, 0.2) is 12.1 Å². The van der Waals surface area contributed by atoms with Crippen LogP contribution in [0.2, 0.25) is 0 Å². The summed E-state index contributed by atoms with van der Waals surface area (Å²) < 4.78 is 42.4. The van der Waals surface area contributed by atoms with E-state index in [-0.39, 0.29) is 24.0 Å². The van der Waals surface area contributed by atoms with E-state index < -0.39 is 18.8 Å². The number of alkyl halides is 3. The highest BCUT2D eigenvalue weighted by molar-refractivity contribution is 14.0. The Bertz CT molecular complexity index is 398. The van der Waals surface area contributed by atoms with Crippen LogP contribution in [0, 0.1) is 5.92 Å². The van der Waals surface area contributed by atoms with Gasteiger partial charge in [0.25, 0.3) is 0 Å². The molecule has 0 amide bonds. The molecule has 2 saturated heterocycles. The number of guanidine groups is 1. The molecule has 2 fully saturated rings. The van der Waals surface area contributed by atoms with Gasteiger partial charge >= 0.3 is 6.18 Å². The van der Waals surface area contributed by atoms with Gasteiger partial charge < -0.3 is 20.1 Å². The smallest absolute Gasteiger partial charge is 0.382 e. The van der Waals surface area contributed by atoms with Crippen molar-refractivity contribution in [2.75, 3.05) is 59.5 Å². The first-order chi connectivity index (χ1) is 10.9. The third-order valence-corrected chi connectivity index (χ3v) is 4.26. The molecule has 0 aromatic carbocycles. The Morgan fingerprint density at radius 1 is 1.33 bits per heavy atom. The molecule has 2 heterocycles. The van der Waals surface area contributed by atoms with E-state index in [1.807, 2.05) is 4.90 Å². The molecule has 10 heteroatoms. The molecule has 0 aliphatic carbocycles. The highest BCUT2D eigenvalue weighted by Gasteiger charge is 2.38. The number of hydrogen-bond acceptors (Lipinski definition) is 4. The molecule has 0 saturated carbocycles. The Hall–Kier alpha value is -0.330. The van der Waals surface area contributed by atoms with Crippen LogP contribution >= 0.6 is 24.0 Å². The lowest BCUT2D eigenvalue weighted by atomic mass is 10.1. The maximum Gasteiger partial charge on any atom is 0.416 e. The summed E-state index contributed by atoms with van der Waals surface area (Å²) in [5.41, 5.74) is 0. The number of ether oxygens (including phenoxy) is 1. The van der Waals surface area contributed by atoms with Crippen molar-refractivity contribution in [1.29, 1.82) is 0 Å². The maximum absolute atomic E-state index is 12.3. The van der Waals surface area contributed by atoms with Crippen LogP contribution in [0.3, 0.4) is 0 Å². The first-order valence-corrected chi connectivity index (χ1v) is 7.90. The minimum atomic E-state index is -4.62. The zero-order valence-corrected chi connectivity index (χ0v) is 16.1. The number of rotatable bonds is 4. The van der Waals surface area contributed by atoms with Gasteiger partial charge in [0.05, 0.1) is 13.2 Å². The van der Waals surface area contributed by atoms with E-state index in [1.54, 1.807) is 0 Å². The fraction of sp³-hybridized carbons (Fsp3) is 0.929. The Morgan fingerprint density at radius 2 is 2.00 bits per heavy atom. The molecule has 2 rings (SSSR count). The molecule has 2 aliphatic rings. The second-order valence-corrected chi connectivity index (χ2v) is 6.00. The summed E-state index contributed by atoms with van der Waals surface area (Å²) >= 11 is 0. The second kappa shape index (κ2) is 9.97. The molecule has 2 N–H and O–H groups in total. The Morgan fingerprint density at radius 3 is 2.50 bits per heavy atom. The summed E-state index contributed by atoms with van der Waals surface area (Å²) in [7, 11) is 1.53. The van der Waals surface area contributed by atoms with E-state index in [9.17, 15) is 13.2 Å². The number of hydrogen-bond donors (Lipinski definition) is 2. The molecule has 24 heavy (non-hydrogen) atoms. The van der Waals surface area contributed by atoms with Crippen molar-refractivity contribution in [3.05, 3.63) is 0 Å². The predicted molar refractivity (Wildman–Crippen MR) is 95.8 cm³/mol. The van der Waals surface area contributed by atoms with Crippen molar-refractivity contribution >= 4 is 29.9 Å². The van der Waals surface area contributed by atoms with Gasteiger partial charge in [-0.3, -0.25) is 9.89 Å². The number of aliphatic hydroxyl groups excluding tert-OH is 1. The number of aliphatic hydroxyl groups is 1. The largest absolute Gasteiger partial charge is 0.416 e. The van der Waals surface area contributed by atoms with Gasteiger partial charge in [-0.15, -0.1) is 24.0 Å². The molecular weight excluding hydrogens is 440 g/mol. The van der Waals surface area contributed by atoms with Crippen LogP contribution in [-0.4, -0.2) is 92.7 Å². The third kappa shape index (κ3) is 6.52. The van der Waals surface area contributed by atoms with E-state index in [0.717, 1.165) is 39.3 Å². The molecular formula is C14H26F3IN4O2. The van der Waals surface area contributed by atoms with Crippen LogP contribution in [0.15, 0.2) is 4.99 Å². The fourth-order valence-corrected chi connectivity index (χ4v) is 2.87. The third-order valence-electron chi connectivity index (χ3n) is 4.26. The van der Waals surface area contributed by atoms with Crippen molar-refractivity contribution in [1.82, 2.24) is 15.1 Å². The van der Waals surface area contributed by atoms with E-state index in [4.69, 9.17) is 9.84 Å². The van der Waals surface area contributed by atoms with E-state index in [2.05, 4.69) is 15.2 Å². The Balaban J connectivity index is 0.00000288. The average molecular weight is 466 g/mol. The SMILES string of the molecule is CN=C(NCC(O)C(F)(F)F)N1CCN(CC2CCOC2)CC1.I. The zero-order valence-electron chi connectivity index (χ0n) is 13.8. The number of piperazine rings is 1. The van der Waals surface area contributed by atoms with E-state index in [0.29, 0.717) is 25.0 Å². The van der Waals surface area contributed by atoms with Gasteiger partial charge in [-0.2, -0.15) is 13.2 Å². The average Bonchev–Trinajstić information content (AvgIpc) is 3.01. The molecule has 0 radical (unpaired) electrons. The molecule has 2 aliphatic heterocycles. The van der Waals surface area contributed by atoms with Crippen molar-refractivity contribution < 1.29 is 23.0 Å².